The summed E-state index contributed by atoms with van der Waals surface area (Å²) in [6.45, 7) is 4.15. The zero-order valence-corrected chi connectivity index (χ0v) is 25.4. The lowest BCUT2D eigenvalue weighted by molar-refractivity contribution is -0.253. The van der Waals surface area contributed by atoms with E-state index in [0.717, 1.165) is 55.4 Å². The Morgan fingerprint density at radius 2 is 1.60 bits per heavy atom. The second kappa shape index (κ2) is 16.4. The Bertz CT molecular complexity index is 1370. The molecular formula is C33H42N6O6. The number of piperazine rings is 1. The summed E-state index contributed by atoms with van der Waals surface area (Å²) in [4.78, 5) is 37.1. The Morgan fingerprint density at radius 1 is 0.867 bits per heavy atom. The maximum atomic E-state index is 12.6. The third-order valence-corrected chi connectivity index (χ3v) is 8.16. The molecule has 2 saturated heterocycles. The van der Waals surface area contributed by atoms with E-state index in [4.69, 9.17) is 14.7 Å². The monoisotopic (exact) mass is 618 g/mol. The molecule has 4 N–H and O–H groups in total. The minimum atomic E-state index is -0.625. The molecule has 240 valence electrons. The Balaban J connectivity index is 1.21. The van der Waals surface area contributed by atoms with Crippen LogP contribution >= 0.6 is 0 Å². The van der Waals surface area contributed by atoms with E-state index in [2.05, 4.69) is 25.1 Å². The van der Waals surface area contributed by atoms with E-state index >= 15 is 0 Å². The first-order chi connectivity index (χ1) is 22.0. The Hall–Kier alpha value is -3.94. The van der Waals surface area contributed by atoms with Gasteiger partial charge in [0.2, 0.25) is 17.8 Å². The third kappa shape index (κ3) is 9.52. The lowest BCUT2D eigenvalue weighted by atomic mass is 9.99. The summed E-state index contributed by atoms with van der Waals surface area (Å²) in [6, 6.07) is 17.2. The second-order valence-corrected chi connectivity index (χ2v) is 11.5. The van der Waals surface area contributed by atoms with Gasteiger partial charge in [-0.1, -0.05) is 42.8 Å². The smallest absolute Gasteiger partial charge is 0.243 e. The van der Waals surface area contributed by atoms with Crippen molar-refractivity contribution in [3.63, 3.8) is 0 Å². The van der Waals surface area contributed by atoms with Crippen LogP contribution in [-0.4, -0.2) is 75.8 Å². The van der Waals surface area contributed by atoms with Crippen molar-refractivity contribution in [2.75, 3.05) is 42.9 Å². The van der Waals surface area contributed by atoms with Crippen LogP contribution in [0.2, 0.25) is 0 Å². The highest BCUT2D eigenvalue weighted by Gasteiger charge is 2.34. The molecule has 2 aromatic carbocycles. The molecule has 12 nitrogen and oxygen atoms in total. The van der Waals surface area contributed by atoms with Gasteiger partial charge < -0.3 is 24.8 Å². The first-order valence-electron chi connectivity index (χ1n) is 15.6. The number of carbonyl (C=O) groups excluding carboxylic acids is 2. The molecule has 12 heteroatoms. The number of aliphatic hydroxyl groups is 1. The number of rotatable bonds is 13. The molecule has 0 radical (unpaired) electrons. The fourth-order valence-corrected chi connectivity index (χ4v) is 5.70. The number of unbranched alkanes of at least 4 members (excludes halogenated alkanes) is 2. The standard InChI is InChI=1S/C33H42N6O6/c40-23-24-10-12-25(13-11-24)29-21-28(22-38-16-18-39(19-17-38)33-34-14-5-15-35-33)44-32(45-29)26-6-4-7-27(20-26)36-30(41)8-2-1-3-9-31(42)37-43/h4-7,10-15,20,28-29,32,40,43H,1-3,8-9,16-19,21-23H2,(H,36,41)(H,37,42)/t28-,29+,32+/m1/s1. The zero-order valence-electron chi connectivity index (χ0n) is 25.4. The number of anilines is 2. The molecule has 0 saturated carbocycles. The topological polar surface area (TPSA) is 149 Å². The number of hydrogen-bond acceptors (Lipinski definition) is 10. The van der Waals surface area contributed by atoms with Crippen LogP contribution in [-0.2, 0) is 25.7 Å². The van der Waals surface area contributed by atoms with E-state index in [1.54, 1.807) is 17.9 Å². The van der Waals surface area contributed by atoms with Gasteiger partial charge in [-0.2, -0.15) is 0 Å². The molecule has 0 unspecified atom stereocenters. The van der Waals surface area contributed by atoms with Crippen LogP contribution in [0.25, 0.3) is 0 Å². The predicted octanol–water partition coefficient (Wildman–Crippen LogP) is 3.73. The molecule has 45 heavy (non-hydrogen) atoms. The molecule has 2 amide bonds. The number of aromatic nitrogens is 2. The SMILES string of the molecule is O=C(CCCCCC(=O)Nc1cccc([C@H]2O[C@@H](CN3CCN(c4ncccn4)CC3)C[C@@H](c3ccc(CO)cc3)O2)c1)NO. The molecule has 2 aliphatic rings. The van der Waals surface area contributed by atoms with Crippen LogP contribution < -0.4 is 15.7 Å². The molecule has 1 aromatic heterocycles. The molecule has 0 aliphatic carbocycles. The third-order valence-electron chi connectivity index (χ3n) is 8.16. The first kappa shape index (κ1) is 32.5. The summed E-state index contributed by atoms with van der Waals surface area (Å²) in [5, 5.41) is 21.1. The number of nitrogens with one attached hydrogen (secondary N) is 2. The molecule has 0 spiro atoms. The maximum absolute atomic E-state index is 12.6. The van der Waals surface area contributed by atoms with E-state index in [-0.39, 0.29) is 31.1 Å². The van der Waals surface area contributed by atoms with Gasteiger partial charge in [0.1, 0.15) is 0 Å². The van der Waals surface area contributed by atoms with Crippen LogP contribution in [0.1, 0.15) is 67.6 Å². The molecular weight excluding hydrogens is 576 g/mol. The molecule has 5 rings (SSSR count). The highest BCUT2D eigenvalue weighted by Crippen LogP contribution is 2.38. The minimum absolute atomic E-state index is 0.0143. The van der Waals surface area contributed by atoms with E-state index in [1.807, 2.05) is 54.6 Å². The number of aliphatic hydroxyl groups excluding tert-OH is 1. The summed E-state index contributed by atoms with van der Waals surface area (Å²) in [5.41, 5.74) is 4.97. The molecule has 3 heterocycles. The highest BCUT2D eigenvalue weighted by molar-refractivity contribution is 5.90. The number of ether oxygens (including phenoxy) is 2. The molecule has 3 atom stereocenters. The summed E-state index contributed by atoms with van der Waals surface area (Å²) in [6.07, 6.45) is 5.83. The Morgan fingerprint density at radius 3 is 2.31 bits per heavy atom. The average Bonchev–Trinajstić information content (AvgIpc) is 3.08. The quantitative estimate of drug-likeness (QED) is 0.127. The van der Waals surface area contributed by atoms with Gasteiger partial charge in [0.25, 0.3) is 0 Å². The lowest BCUT2D eigenvalue weighted by Crippen LogP contribution is -2.50. The number of hydroxylamine groups is 1. The normalized spacial score (nSPS) is 20.5. The maximum Gasteiger partial charge on any atom is 0.243 e. The van der Waals surface area contributed by atoms with E-state index in [9.17, 15) is 14.7 Å². The molecule has 3 aromatic rings. The van der Waals surface area contributed by atoms with Gasteiger partial charge in [-0.3, -0.25) is 19.7 Å². The first-order valence-corrected chi connectivity index (χ1v) is 15.6. The van der Waals surface area contributed by atoms with Gasteiger partial charge in [0.15, 0.2) is 6.29 Å². The van der Waals surface area contributed by atoms with Gasteiger partial charge in [-0.05, 0) is 42.2 Å². The number of amides is 2. The van der Waals surface area contributed by atoms with Gasteiger partial charge in [-0.15, -0.1) is 0 Å². The van der Waals surface area contributed by atoms with Crippen molar-refractivity contribution in [1.82, 2.24) is 20.3 Å². The van der Waals surface area contributed by atoms with Crippen LogP contribution in [0.5, 0.6) is 0 Å². The Kier molecular flexibility index (Phi) is 11.8. The van der Waals surface area contributed by atoms with Gasteiger partial charge in [0.05, 0.1) is 18.8 Å². The van der Waals surface area contributed by atoms with Crippen molar-refractivity contribution < 1.29 is 29.4 Å². The van der Waals surface area contributed by atoms with Crippen molar-refractivity contribution in [1.29, 1.82) is 0 Å². The Labute approximate surface area is 263 Å². The van der Waals surface area contributed by atoms with Crippen LogP contribution in [0, 0.1) is 0 Å². The van der Waals surface area contributed by atoms with Crippen molar-refractivity contribution in [2.24, 2.45) is 0 Å². The molecule has 2 aliphatic heterocycles. The van der Waals surface area contributed by atoms with Gasteiger partial charge in [-0.25, -0.2) is 15.4 Å². The molecule has 0 bridgehead atoms. The zero-order chi connectivity index (χ0) is 31.4. The fourth-order valence-electron chi connectivity index (χ4n) is 5.70. The number of benzene rings is 2. The van der Waals surface area contributed by atoms with Crippen LogP contribution in [0.15, 0.2) is 67.0 Å². The summed E-state index contributed by atoms with van der Waals surface area (Å²) < 4.78 is 13.1. The van der Waals surface area contributed by atoms with E-state index in [1.165, 1.54) is 0 Å². The fraction of sp³-hybridized carbons (Fsp3) is 0.455. The summed E-state index contributed by atoms with van der Waals surface area (Å²) >= 11 is 0. The molecule has 2 fully saturated rings. The largest absolute Gasteiger partial charge is 0.392 e. The van der Waals surface area contributed by atoms with E-state index in [0.29, 0.717) is 37.8 Å². The minimum Gasteiger partial charge on any atom is -0.392 e. The van der Waals surface area contributed by atoms with E-state index < -0.39 is 12.2 Å². The van der Waals surface area contributed by atoms with Crippen LogP contribution in [0.3, 0.4) is 0 Å². The number of carbonyl (C=O) groups is 2. The van der Waals surface area contributed by atoms with Crippen molar-refractivity contribution in [3.8, 4) is 0 Å². The van der Waals surface area contributed by atoms with Crippen molar-refractivity contribution in [3.05, 3.63) is 83.7 Å². The summed E-state index contributed by atoms with van der Waals surface area (Å²) in [5.74, 6) is 0.227. The van der Waals surface area contributed by atoms with Crippen molar-refractivity contribution >= 4 is 23.5 Å². The van der Waals surface area contributed by atoms with Gasteiger partial charge in [0, 0.05) is 75.6 Å². The second-order valence-electron chi connectivity index (χ2n) is 11.5. The summed E-state index contributed by atoms with van der Waals surface area (Å²) in [7, 11) is 0. The van der Waals surface area contributed by atoms with Crippen molar-refractivity contribution in [2.45, 2.75) is 63.6 Å². The highest BCUT2D eigenvalue weighted by atomic mass is 16.7. The lowest BCUT2D eigenvalue weighted by Gasteiger charge is -2.40. The average molecular weight is 619 g/mol. The number of nitrogens with zero attached hydrogens (tertiary/aromatic N) is 4. The number of hydrogen-bond donors (Lipinski definition) is 4. The predicted molar refractivity (Wildman–Crippen MR) is 167 cm³/mol. The van der Waals surface area contributed by atoms with Gasteiger partial charge >= 0.3 is 0 Å². The van der Waals surface area contributed by atoms with Crippen LogP contribution in [0.4, 0.5) is 11.6 Å².